The molecule has 82 valence electrons. The molecule has 7 heteroatoms. The molecule has 0 fully saturated rings. The Kier molecular flexibility index (Phi) is 2.28. The number of carbonyl (C=O) groups is 1. The molecule has 1 heterocycles. The van der Waals surface area contributed by atoms with Crippen LogP contribution in [-0.4, -0.2) is 25.8 Å². The van der Waals surface area contributed by atoms with Crippen LogP contribution >= 0.6 is 0 Å². The van der Waals surface area contributed by atoms with E-state index in [0.717, 1.165) is 9.36 Å². The number of nitrogens with zero attached hydrogens (tertiary/aromatic N) is 4. The minimum atomic E-state index is -1.37. The van der Waals surface area contributed by atoms with E-state index >= 15 is 0 Å². The first-order valence-corrected chi connectivity index (χ1v) is 4.41. The first-order chi connectivity index (χ1) is 7.61. The number of carboxylic acids is 1. The lowest BCUT2D eigenvalue weighted by molar-refractivity contribution is -0.255. The Hall–Kier alpha value is -2.44. The van der Waals surface area contributed by atoms with Crippen LogP contribution in [0.15, 0.2) is 29.1 Å². The van der Waals surface area contributed by atoms with E-state index in [1.54, 1.807) is 6.07 Å². The van der Waals surface area contributed by atoms with E-state index in [9.17, 15) is 14.7 Å². The van der Waals surface area contributed by atoms with Gasteiger partial charge in [-0.1, -0.05) is 18.2 Å². The highest BCUT2D eigenvalue weighted by Gasteiger charge is 2.10. The van der Waals surface area contributed by atoms with Gasteiger partial charge in [0.25, 0.3) is 0 Å². The van der Waals surface area contributed by atoms with E-state index in [1.165, 1.54) is 25.2 Å². The molecule has 1 aromatic heterocycles. The monoisotopic (exact) mass is 219 g/mol. The van der Waals surface area contributed by atoms with Crippen LogP contribution in [0.5, 0.6) is 0 Å². The predicted molar refractivity (Wildman–Crippen MR) is 50.9 cm³/mol. The number of hydrogen-bond donors (Lipinski definition) is 0. The first kappa shape index (κ1) is 10.1. The molecule has 0 unspecified atom stereocenters. The van der Waals surface area contributed by atoms with Gasteiger partial charge in [-0.15, -0.1) is 0 Å². The summed E-state index contributed by atoms with van der Waals surface area (Å²) in [7, 11) is 1.42. The maximum Gasteiger partial charge on any atom is 0.368 e. The zero-order valence-electron chi connectivity index (χ0n) is 8.32. The van der Waals surface area contributed by atoms with Crippen LogP contribution in [0, 0.1) is 0 Å². The summed E-state index contributed by atoms with van der Waals surface area (Å²) < 4.78 is 1.91. The Bertz CT molecular complexity index is 599. The summed E-state index contributed by atoms with van der Waals surface area (Å²) in [5, 5.41) is 17.9. The molecule has 0 bridgehead atoms. The largest absolute Gasteiger partial charge is 0.545 e. The number of benzene rings is 1. The van der Waals surface area contributed by atoms with Gasteiger partial charge >= 0.3 is 5.69 Å². The van der Waals surface area contributed by atoms with E-state index in [4.69, 9.17) is 0 Å². The molecule has 0 saturated heterocycles. The van der Waals surface area contributed by atoms with Gasteiger partial charge in [0.05, 0.1) is 11.7 Å². The Balaban J connectivity index is 2.69. The molecule has 0 spiro atoms. The summed E-state index contributed by atoms with van der Waals surface area (Å²) in [4.78, 5) is 22.4. The summed E-state index contributed by atoms with van der Waals surface area (Å²) in [6.45, 7) is 0. The number of aryl methyl sites for hydroxylation is 1. The van der Waals surface area contributed by atoms with Gasteiger partial charge in [0.2, 0.25) is 0 Å². The predicted octanol–water partition coefficient (Wildman–Crippen LogP) is -1.67. The van der Waals surface area contributed by atoms with Crippen molar-refractivity contribution in [2.45, 2.75) is 0 Å². The Morgan fingerprint density at radius 3 is 2.56 bits per heavy atom. The Morgan fingerprint density at radius 1 is 1.31 bits per heavy atom. The molecule has 0 aliphatic rings. The van der Waals surface area contributed by atoms with E-state index in [0.29, 0.717) is 0 Å². The Morgan fingerprint density at radius 2 is 2.00 bits per heavy atom. The number of hydrogen-bond acceptors (Lipinski definition) is 5. The van der Waals surface area contributed by atoms with Gasteiger partial charge in [-0.05, 0) is 16.5 Å². The van der Waals surface area contributed by atoms with Crippen LogP contribution in [0.2, 0.25) is 0 Å². The van der Waals surface area contributed by atoms with E-state index in [1.807, 2.05) is 0 Å². The van der Waals surface area contributed by atoms with Gasteiger partial charge < -0.3 is 9.90 Å². The Labute approximate surface area is 89.5 Å². The van der Waals surface area contributed by atoms with Crippen LogP contribution in [0.1, 0.15) is 10.4 Å². The first-order valence-electron chi connectivity index (χ1n) is 4.41. The summed E-state index contributed by atoms with van der Waals surface area (Å²) >= 11 is 0. The van der Waals surface area contributed by atoms with Crippen molar-refractivity contribution in [3.05, 3.63) is 40.3 Å². The zero-order chi connectivity index (χ0) is 11.7. The number of rotatable bonds is 2. The number of para-hydroxylation sites is 1. The molecule has 0 atom stereocenters. The third-order valence-electron chi connectivity index (χ3n) is 2.07. The fourth-order valence-electron chi connectivity index (χ4n) is 1.30. The minimum absolute atomic E-state index is 0.106. The maximum absolute atomic E-state index is 11.5. The lowest BCUT2D eigenvalue weighted by atomic mass is 10.2. The standard InChI is InChI=1S/C9H8N4O3/c1-12-9(16)13(11-10-12)7-5-3-2-4-6(7)8(14)15/h2-5H,1H3,(H,14,15)/p-1. The smallest absolute Gasteiger partial charge is 0.368 e. The summed E-state index contributed by atoms with van der Waals surface area (Å²) in [5.74, 6) is -1.37. The van der Waals surface area contributed by atoms with Crippen molar-refractivity contribution in [2.75, 3.05) is 0 Å². The fraction of sp³-hybridized carbons (Fsp3) is 0.111. The van der Waals surface area contributed by atoms with Crippen LogP contribution in [-0.2, 0) is 7.05 Å². The maximum atomic E-state index is 11.5. The average molecular weight is 219 g/mol. The van der Waals surface area contributed by atoms with Crippen molar-refractivity contribution in [2.24, 2.45) is 7.05 Å². The molecule has 0 amide bonds. The quantitative estimate of drug-likeness (QED) is 0.602. The lowest BCUT2D eigenvalue weighted by Crippen LogP contribution is -2.28. The molecule has 16 heavy (non-hydrogen) atoms. The number of aromatic carboxylic acids is 1. The van der Waals surface area contributed by atoms with Crippen LogP contribution in [0.3, 0.4) is 0 Å². The van der Waals surface area contributed by atoms with Crippen molar-refractivity contribution in [1.29, 1.82) is 0 Å². The third-order valence-corrected chi connectivity index (χ3v) is 2.07. The average Bonchev–Trinajstić information content (AvgIpc) is 2.60. The van der Waals surface area contributed by atoms with Gasteiger partial charge in [-0.3, -0.25) is 0 Å². The molecule has 0 N–H and O–H groups in total. The molecular formula is C9H7N4O3-. The second-order valence-electron chi connectivity index (χ2n) is 3.10. The number of tetrazole rings is 1. The van der Waals surface area contributed by atoms with Crippen molar-refractivity contribution in [1.82, 2.24) is 19.8 Å². The molecule has 0 saturated carbocycles. The van der Waals surface area contributed by atoms with Gasteiger partial charge in [0.1, 0.15) is 0 Å². The van der Waals surface area contributed by atoms with Crippen LogP contribution < -0.4 is 10.8 Å². The number of carbonyl (C=O) groups excluding carboxylic acids is 1. The number of aromatic nitrogens is 4. The van der Waals surface area contributed by atoms with Crippen molar-refractivity contribution >= 4 is 5.97 Å². The van der Waals surface area contributed by atoms with Crippen molar-refractivity contribution in [3.8, 4) is 5.69 Å². The zero-order valence-corrected chi connectivity index (χ0v) is 8.32. The minimum Gasteiger partial charge on any atom is -0.545 e. The van der Waals surface area contributed by atoms with E-state index in [2.05, 4.69) is 10.4 Å². The van der Waals surface area contributed by atoms with Gasteiger partial charge in [0, 0.05) is 12.6 Å². The normalized spacial score (nSPS) is 10.3. The van der Waals surface area contributed by atoms with Crippen LogP contribution in [0.25, 0.3) is 5.69 Å². The molecule has 0 aliphatic carbocycles. The van der Waals surface area contributed by atoms with E-state index < -0.39 is 11.7 Å². The molecule has 0 radical (unpaired) electrons. The summed E-state index contributed by atoms with van der Waals surface area (Å²) in [6, 6.07) is 5.94. The van der Waals surface area contributed by atoms with Crippen LogP contribution in [0.4, 0.5) is 0 Å². The van der Waals surface area contributed by atoms with Gasteiger partial charge in [-0.25, -0.2) is 4.79 Å². The molecule has 2 rings (SSSR count). The highest BCUT2D eigenvalue weighted by Crippen LogP contribution is 2.09. The van der Waals surface area contributed by atoms with Crippen molar-refractivity contribution < 1.29 is 9.90 Å². The summed E-state index contributed by atoms with van der Waals surface area (Å²) in [6.07, 6.45) is 0. The summed E-state index contributed by atoms with van der Waals surface area (Å²) in [5.41, 5.74) is -0.487. The molecule has 7 nitrogen and oxygen atoms in total. The second kappa shape index (κ2) is 3.61. The molecule has 1 aromatic carbocycles. The topological polar surface area (TPSA) is 92.8 Å². The van der Waals surface area contributed by atoms with Gasteiger partial charge in [-0.2, -0.15) is 9.36 Å². The lowest BCUT2D eigenvalue weighted by Gasteiger charge is -2.07. The molecule has 0 aliphatic heterocycles. The molecule has 2 aromatic rings. The van der Waals surface area contributed by atoms with Crippen molar-refractivity contribution in [3.63, 3.8) is 0 Å². The third kappa shape index (κ3) is 1.48. The SMILES string of the molecule is Cn1nnn(-c2ccccc2C(=O)[O-])c1=O. The highest BCUT2D eigenvalue weighted by molar-refractivity contribution is 5.90. The number of carboxylic acid groups (broad SMARTS) is 1. The highest BCUT2D eigenvalue weighted by atomic mass is 16.4. The van der Waals surface area contributed by atoms with E-state index in [-0.39, 0.29) is 11.3 Å². The fourth-order valence-corrected chi connectivity index (χ4v) is 1.30. The van der Waals surface area contributed by atoms with Gasteiger partial charge in [0.15, 0.2) is 0 Å². The second-order valence-corrected chi connectivity index (χ2v) is 3.10. The molecular weight excluding hydrogens is 212 g/mol.